The van der Waals surface area contributed by atoms with Crippen LogP contribution in [0.15, 0.2) is 22.9 Å². The first-order valence-electron chi connectivity index (χ1n) is 8.29. The molecule has 1 N–H and O–H groups in total. The fourth-order valence-electron chi connectivity index (χ4n) is 2.73. The highest BCUT2D eigenvalue weighted by Crippen LogP contribution is 2.18. The van der Waals surface area contributed by atoms with Crippen molar-refractivity contribution in [3.05, 3.63) is 35.1 Å². The van der Waals surface area contributed by atoms with E-state index in [9.17, 15) is 4.79 Å². The smallest absolute Gasteiger partial charge is 0.318 e. The summed E-state index contributed by atoms with van der Waals surface area (Å²) in [5.74, 6) is 1.88. The number of anilines is 1. The number of rotatable bonds is 4. The molecule has 0 bridgehead atoms. The molecule has 25 heavy (non-hydrogen) atoms. The van der Waals surface area contributed by atoms with Crippen molar-refractivity contribution < 1.29 is 9.32 Å². The van der Waals surface area contributed by atoms with Crippen molar-refractivity contribution in [3.8, 4) is 0 Å². The van der Waals surface area contributed by atoms with E-state index in [-0.39, 0.29) is 12.1 Å². The second kappa shape index (κ2) is 7.69. The lowest BCUT2D eigenvalue weighted by Gasteiger charge is -2.35. The summed E-state index contributed by atoms with van der Waals surface area (Å²) in [6, 6.07) is 3.32. The van der Waals surface area contributed by atoms with Crippen LogP contribution in [-0.4, -0.2) is 52.2 Å². The molecule has 2 amide bonds. The molecule has 1 aliphatic rings. The van der Waals surface area contributed by atoms with Crippen LogP contribution in [0.3, 0.4) is 0 Å². The lowest BCUT2D eigenvalue weighted by Crippen LogP contribution is -2.52. The zero-order valence-corrected chi connectivity index (χ0v) is 15.0. The maximum atomic E-state index is 12.5. The van der Waals surface area contributed by atoms with E-state index in [2.05, 4.69) is 25.3 Å². The van der Waals surface area contributed by atoms with Gasteiger partial charge >= 0.3 is 6.03 Å². The molecule has 0 spiro atoms. The van der Waals surface area contributed by atoms with E-state index in [0.29, 0.717) is 36.2 Å². The Morgan fingerprint density at radius 1 is 1.36 bits per heavy atom. The molecule has 1 atom stereocenters. The van der Waals surface area contributed by atoms with Crippen molar-refractivity contribution in [2.24, 2.45) is 0 Å². The molecule has 1 fully saturated rings. The lowest BCUT2D eigenvalue weighted by atomic mass is 10.2. The third kappa shape index (κ3) is 4.19. The third-order valence-corrected chi connectivity index (χ3v) is 4.37. The average Bonchev–Trinajstić information content (AvgIpc) is 3.06. The molecule has 2 aromatic rings. The van der Waals surface area contributed by atoms with E-state index in [0.717, 1.165) is 18.9 Å². The van der Waals surface area contributed by atoms with E-state index in [1.54, 1.807) is 18.0 Å². The monoisotopic (exact) mass is 364 g/mol. The average molecular weight is 365 g/mol. The second-order valence-corrected chi connectivity index (χ2v) is 6.34. The Balaban J connectivity index is 1.55. The van der Waals surface area contributed by atoms with Gasteiger partial charge in [0.1, 0.15) is 11.9 Å². The first kappa shape index (κ1) is 17.5. The molecule has 8 nitrogen and oxygen atoms in total. The van der Waals surface area contributed by atoms with E-state index < -0.39 is 0 Å². The van der Waals surface area contributed by atoms with Crippen molar-refractivity contribution >= 4 is 23.4 Å². The van der Waals surface area contributed by atoms with Crippen LogP contribution < -0.4 is 10.2 Å². The number of carbonyl (C=O) groups is 1. The third-order valence-electron chi connectivity index (χ3n) is 4.15. The fourth-order valence-corrected chi connectivity index (χ4v) is 2.84. The van der Waals surface area contributed by atoms with Gasteiger partial charge in [0.25, 0.3) is 0 Å². The Morgan fingerprint density at radius 3 is 2.68 bits per heavy atom. The highest BCUT2D eigenvalue weighted by Gasteiger charge is 2.25. The molecule has 9 heteroatoms. The van der Waals surface area contributed by atoms with Crippen LogP contribution in [0, 0.1) is 6.92 Å². The number of nitrogens with one attached hydrogen (secondary N) is 1. The zero-order valence-electron chi connectivity index (χ0n) is 14.3. The van der Waals surface area contributed by atoms with Crippen molar-refractivity contribution in [1.29, 1.82) is 0 Å². The molecule has 0 aromatic carbocycles. The number of aromatic nitrogens is 3. The van der Waals surface area contributed by atoms with Gasteiger partial charge in [-0.3, -0.25) is 0 Å². The maximum Gasteiger partial charge on any atom is 0.318 e. The highest BCUT2D eigenvalue weighted by molar-refractivity contribution is 6.30. The molecule has 0 aliphatic carbocycles. The first-order chi connectivity index (χ1) is 12.1. The summed E-state index contributed by atoms with van der Waals surface area (Å²) in [6.07, 6.45) is 2.32. The fraction of sp³-hybridized carbons (Fsp3) is 0.500. The molecular formula is C16H21ClN6O2. The second-order valence-electron chi connectivity index (χ2n) is 5.90. The van der Waals surface area contributed by atoms with E-state index in [1.165, 1.54) is 0 Å². The summed E-state index contributed by atoms with van der Waals surface area (Å²) in [5.41, 5.74) is 0. The van der Waals surface area contributed by atoms with Crippen LogP contribution in [-0.2, 0) is 0 Å². The molecule has 134 valence electrons. The van der Waals surface area contributed by atoms with Gasteiger partial charge in [-0.1, -0.05) is 23.7 Å². The normalized spacial score (nSPS) is 16.0. The molecule has 1 saturated heterocycles. The summed E-state index contributed by atoms with van der Waals surface area (Å²) < 4.78 is 5.17. The number of hydrogen-bond acceptors (Lipinski definition) is 6. The Morgan fingerprint density at radius 2 is 2.12 bits per heavy atom. The number of piperazine rings is 1. The van der Waals surface area contributed by atoms with E-state index >= 15 is 0 Å². The Kier molecular flexibility index (Phi) is 5.37. The topological polar surface area (TPSA) is 87.4 Å². The number of aryl methyl sites for hydroxylation is 1. The minimum atomic E-state index is -0.273. The zero-order chi connectivity index (χ0) is 17.8. The minimum Gasteiger partial charge on any atom is -0.353 e. The number of pyridine rings is 1. The summed E-state index contributed by atoms with van der Waals surface area (Å²) >= 11 is 5.87. The quantitative estimate of drug-likeness (QED) is 0.896. The van der Waals surface area contributed by atoms with Crippen LogP contribution in [0.2, 0.25) is 5.02 Å². The summed E-state index contributed by atoms with van der Waals surface area (Å²) in [7, 11) is 0. The van der Waals surface area contributed by atoms with Gasteiger partial charge in [0.05, 0.1) is 5.02 Å². The molecule has 0 saturated carbocycles. The van der Waals surface area contributed by atoms with Gasteiger partial charge in [-0.2, -0.15) is 4.98 Å². The highest BCUT2D eigenvalue weighted by atomic mass is 35.5. The Hall–Kier alpha value is -2.35. The van der Waals surface area contributed by atoms with Gasteiger partial charge in [-0.25, -0.2) is 9.78 Å². The summed E-state index contributed by atoms with van der Waals surface area (Å²) in [5, 5.41) is 7.36. The van der Waals surface area contributed by atoms with Gasteiger partial charge < -0.3 is 19.6 Å². The summed E-state index contributed by atoms with van der Waals surface area (Å²) in [6.45, 7) is 6.40. The van der Waals surface area contributed by atoms with Crippen LogP contribution >= 0.6 is 11.6 Å². The molecule has 3 heterocycles. The van der Waals surface area contributed by atoms with Crippen LogP contribution in [0.5, 0.6) is 0 Å². The van der Waals surface area contributed by atoms with E-state index in [4.69, 9.17) is 16.1 Å². The van der Waals surface area contributed by atoms with Gasteiger partial charge in [-0.05, 0) is 25.5 Å². The summed E-state index contributed by atoms with van der Waals surface area (Å²) in [4.78, 5) is 25.0. The van der Waals surface area contributed by atoms with Gasteiger partial charge in [0.2, 0.25) is 5.89 Å². The number of nitrogens with zero attached hydrogens (tertiary/aromatic N) is 5. The SMILES string of the molecule is CC[C@H](NC(=O)N1CCN(c2ccc(Cl)cn2)CC1)c1nc(C)no1. The predicted molar refractivity (Wildman–Crippen MR) is 93.6 cm³/mol. The number of hydrogen-bond donors (Lipinski definition) is 1. The van der Waals surface area contributed by atoms with Crippen molar-refractivity contribution in [3.63, 3.8) is 0 Å². The standard InChI is InChI=1S/C16H21ClN6O2/c1-3-13(15-19-11(2)21-25-15)20-16(24)23-8-6-22(7-9-23)14-5-4-12(17)10-18-14/h4-5,10,13H,3,6-9H2,1-2H3,(H,20,24)/t13-/m0/s1. The molecule has 1 aliphatic heterocycles. The van der Waals surface area contributed by atoms with Crippen molar-refractivity contribution in [2.75, 3.05) is 31.1 Å². The molecular weight excluding hydrogens is 344 g/mol. The van der Waals surface area contributed by atoms with E-state index in [1.807, 2.05) is 19.1 Å². The largest absolute Gasteiger partial charge is 0.353 e. The van der Waals surface area contributed by atoms with Crippen molar-refractivity contribution in [2.45, 2.75) is 26.3 Å². The maximum absolute atomic E-state index is 12.5. The number of amides is 2. The van der Waals surface area contributed by atoms with Crippen LogP contribution in [0.4, 0.5) is 10.6 Å². The number of halogens is 1. The Bertz CT molecular complexity index is 712. The van der Waals surface area contributed by atoms with Gasteiger partial charge in [-0.15, -0.1) is 0 Å². The van der Waals surface area contributed by atoms with Gasteiger partial charge in [0.15, 0.2) is 5.82 Å². The van der Waals surface area contributed by atoms with Gasteiger partial charge in [0, 0.05) is 32.4 Å². The first-order valence-corrected chi connectivity index (χ1v) is 8.66. The van der Waals surface area contributed by atoms with Crippen LogP contribution in [0.1, 0.15) is 31.1 Å². The number of urea groups is 1. The predicted octanol–water partition coefficient (Wildman–Crippen LogP) is 2.41. The molecule has 0 radical (unpaired) electrons. The van der Waals surface area contributed by atoms with Crippen LogP contribution in [0.25, 0.3) is 0 Å². The molecule has 0 unspecified atom stereocenters. The minimum absolute atomic E-state index is 0.119. The van der Waals surface area contributed by atoms with Crippen molar-refractivity contribution in [1.82, 2.24) is 25.3 Å². The molecule has 3 rings (SSSR count). The Labute approximate surface area is 151 Å². The molecule has 2 aromatic heterocycles. The lowest BCUT2D eigenvalue weighted by molar-refractivity contribution is 0.186. The number of carbonyl (C=O) groups excluding carboxylic acids is 1.